The summed E-state index contributed by atoms with van der Waals surface area (Å²) < 4.78 is 0. The second-order valence-electron chi connectivity index (χ2n) is 4.58. The van der Waals surface area contributed by atoms with Gasteiger partial charge >= 0.3 is 0 Å². The number of aromatic amines is 1. The Labute approximate surface area is 101 Å². The van der Waals surface area contributed by atoms with Gasteiger partial charge in [-0.25, -0.2) is 0 Å². The first-order chi connectivity index (χ1) is 8.16. The number of nitrogens with two attached hydrogens (primary N) is 1. The molecule has 0 aromatic carbocycles. The number of rotatable bonds is 4. The van der Waals surface area contributed by atoms with Crippen LogP contribution in [0.5, 0.6) is 0 Å². The molecule has 0 spiro atoms. The number of nitrogens with one attached hydrogen (secondary N) is 2. The van der Waals surface area contributed by atoms with Gasteiger partial charge in [-0.15, -0.1) is 0 Å². The Balaban J connectivity index is 1.83. The number of nitrogens with zero attached hydrogens (tertiary/aromatic N) is 2. The lowest BCUT2D eigenvalue weighted by molar-refractivity contribution is 0.0928. The van der Waals surface area contributed by atoms with Crippen LogP contribution in [0.4, 0.5) is 5.69 Å². The SMILES string of the molecule is CC(CN1CCCC1)NC(=O)c1[nH]ncc1N. The highest BCUT2D eigenvalue weighted by atomic mass is 16.2. The molecule has 0 radical (unpaired) electrons. The van der Waals surface area contributed by atoms with Gasteiger partial charge in [0.05, 0.1) is 11.9 Å². The van der Waals surface area contributed by atoms with E-state index in [-0.39, 0.29) is 11.9 Å². The molecule has 0 bridgehead atoms. The molecule has 6 heteroatoms. The summed E-state index contributed by atoms with van der Waals surface area (Å²) in [5.41, 5.74) is 6.35. The Hall–Kier alpha value is -1.56. The normalized spacial score (nSPS) is 18.2. The molecule has 0 aliphatic carbocycles. The zero-order chi connectivity index (χ0) is 12.3. The van der Waals surface area contributed by atoms with Gasteiger partial charge in [0.1, 0.15) is 5.69 Å². The molecule has 2 heterocycles. The summed E-state index contributed by atoms with van der Waals surface area (Å²) in [5, 5.41) is 9.25. The van der Waals surface area contributed by atoms with Crippen LogP contribution in [0.15, 0.2) is 6.20 Å². The maximum absolute atomic E-state index is 11.8. The summed E-state index contributed by atoms with van der Waals surface area (Å²) in [6, 6.07) is 0.114. The first-order valence-electron chi connectivity index (χ1n) is 5.99. The van der Waals surface area contributed by atoms with Gasteiger partial charge in [0.25, 0.3) is 5.91 Å². The van der Waals surface area contributed by atoms with E-state index in [1.807, 2.05) is 6.92 Å². The van der Waals surface area contributed by atoms with Crippen molar-refractivity contribution < 1.29 is 4.79 Å². The van der Waals surface area contributed by atoms with E-state index in [1.165, 1.54) is 19.0 Å². The molecule has 1 atom stereocenters. The highest BCUT2D eigenvalue weighted by Gasteiger charge is 2.18. The largest absolute Gasteiger partial charge is 0.396 e. The van der Waals surface area contributed by atoms with E-state index in [2.05, 4.69) is 20.4 Å². The second kappa shape index (κ2) is 5.18. The smallest absolute Gasteiger partial charge is 0.271 e. The molecule has 1 aliphatic heterocycles. The molecule has 0 saturated carbocycles. The lowest BCUT2D eigenvalue weighted by Gasteiger charge is -2.20. The second-order valence-corrected chi connectivity index (χ2v) is 4.58. The minimum absolute atomic E-state index is 0.114. The minimum atomic E-state index is -0.188. The number of anilines is 1. The fourth-order valence-electron chi connectivity index (χ4n) is 2.17. The zero-order valence-electron chi connectivity index (χ0n) is 10.1. The Kier molecular flexibility index (Phi) is 3.63. The van der Waals surface area contributed by atoms with Crippen molar-refractivity contribution in [3.8, 4) is 0 Å². The first-order valence-corrected chi connectivity index (χ1v) is 5.99. The van der Waals surface area contributed by atoms with Crippen LogP contribution in [0, 0.1) is 0 Å². The number of hydrogen-bond donors (Lipinski definition) is 3. The molecule has 1 aliphatic rings. The van der Waals surface area contributed by atoms with Crippen molar-refractivity contribution in [3.63, 3.8) is 0 Å². The van der Waals surface area contributed by atoms with Gasteiger partial charge in [-0.2, -0.15) is 5.10 Å². The molecule has 1 saturated heterocycles. The van der Waals surface area contributed by atoms with Gasteiger partial charge < -0.3 is 16.0 Å². The van der Waals surface area contributed by atoms with Gasteiger partial charge in [-0.05, 0) is 32.9 Å². The van der Waals surface area contributed by atoms with Crippen molar-refractivity contribution in [1.29, 1.82) is 0 Å². The number of likely N-dealkylation sites (tertiary alicyclic amines) is 1. The molecule has 94 valence electrons. The van der Waals surface area contributed by atoms with Crippen LogP contribution in [-0.2, 0) is 0 Å². The summed E-state index contributed by atoms with van der Waals surface area (Å²) in [5.74, 6) is -0.188. The molecule has 1 fully saturated rings. The van der Waals surface area contributed by atoms with Crippen molar-refractivity contribution in [2.75, 3.05) is 25.4 Å². The van der Waals surface area contributed by atoms with Gasteiger partial charge in [0.15, 0.2) is 0 Å². The number of nitrogen functional groups attached to an aromatic ring is 1. The van der Waals surface area contributed by atoms with Gasteiger partial charge in [-0.3, -0.25) is 9.89 Å². The predicted molar refractivity (Wildman–Crippen MR) is 65.6 cm³/mol. The average Bonchev–Trinajstić information content (AvgIpc) is 2.88. The van der Waals surface area contributed by atoms with Crippen molar-refractivity contribution in [3.05, 3.63) is 11.9 Å². The number of H-pyrrole nitrogens is 1. The topological polar surface area (TPSA) is 87.0 Å². The maximum Gasteiger partial charge on any atom is 0.271 e. The van der Waals surface area contributed by atoms with Crippen molar-refractivity contribution in [1.82, 2.24) is 20.4 Å². The highest BCUT2D eigenvalue weighted by molar-refractivity contribution is 5.97. The molecular formula is C11H19N5O. The molecule has 1 aromatic rings. The zero-order valence-corrected chi connectivity index (χ0v) is 10.1. The summed E-state index contributed by atoms with van der Waals surface area (Å²) in [4.78, 5) is 14.2. The maximum atomic E-state index is 11.8. The minimum Gasteiger partial charge on any atom is -0.396 e. The molecule has 2 rings (SSSR count). The Bertz CT molecular complexity index is 383. The third-order valence-electron chi connectivity index (χ3n) is 3.00. The van der Waals surface area contributed by atoms with Crippen LogP contribution in [0.1, 0.15) is 30.3 Å². The Morgan fingerprint density at radius 2 is 2.35 bits per heavy atom. The lowest BCUT2D eigenvalue weighted by atomic mass is 10.2. The number of carbonyl (C=O) groups is 1. The highest BCUT2D eigenvalue weighted by Crippen LogP contribution is 2.09. The number of aromatic nitrogens is 2. The summed E-state index contributed by atoms with van der Waals surface area (Å²) in [6.45, 7) is 5.15. The first kappa shape index (κ1) is 11.9. The molecule has 1 aromatic heterocycles. The molecule has 1 amide bonds. The van der Waals surface area contributed by atoms with Crippen LogP contribution < -0.4 is 11.1 Å². The van der Waals surface area contributed by atoms with E-state index in [0.29, 0.717) is 11.4 Å². The summed E-state index contributed by atoms with van der Waals surface area (Å²) in [7, 11) is 0. The van der Waals surface area contributed by atoms with Crippen molar-refractivity contribution in [2.45, 2.75) is 25.8 Å². The molecule has 1 unspecified atom stereocenters. The van der Waals surface area contributed by atoms with E-state index >= 15 is 0 Å². The van der Waals surface area contributed by atoms with E-state index in [9.17, 15) is 4.79 Å². The van der Waals surface area contributed by atoms with Gasteiger partial charge in [0.2, 0.25) is 0 Å². The summed E-state index contributed by atoms with van der Waals surface area (Å²) >= 11 is 0. The third kappa shape index (κ3) is 2.97. The third-order valence-corrected chi connectivity index (χ3v) is 3.00. The summed E-state index contributed by atoms with van der Waals surface area (Å²) in [6.07, 6.45) is 3.96. The van der Waals surface area contributed by atoms with Crippen LogP contribution in [0.2, 0.25) is 0 Å². The van der Waals surface area contributed by atoms with Crippen LogP contribution in [0.3, 0.4) is 0 Å². The van der Waals surface area contributed by atoms with Crippen molar-refractivity contribution >= 4 is 11.6 Å². The van der Waals surface area contributed by atoms with Gasteiger partial charge in [-0.1, -0.05) is 0 Å². The molecule has 4 N–H and O–H groups in total. The van der Waals surface area contributed by atoms with E-state index in [1.54, 1.807) is 0 Å². The molecule has 6 nitrogen and oxygen atoms in total. The lowest BCUT2D eigenvalue weighted by Crippen LogP contribution is -2.41. The van der Waals surface area contributed by atoms with Crippen LogP contribution in [0.25, 0.3) is 0 Å². The monoisotopic (exact) mass is 237 g/mol. The van der Waals surface area contributed by atoms with E-state index in [0.717, 1.165) is 19.6 Å². The molecule has 17 heavy (non-hydrogen) atoms. The van der Waals surface area contributed by atoms with Crippen LogP contribution in [-0.4, -0.2) is 46.7 Å². The van der Waals surface area contributed by atoms with Gasteiger partial charge in [0, 0.05) is 12.6 Å². The number of hydrogen-bond acceptors (Lipinski definition) is 4. The fourth-order valence-corrected chi connectivity index (χ4v) is 2.17. The average molecular weight is 237 g/mol. The Morgan fingerprint density at radius 1 is 1.65 bits per heavy atom. The van der Waals surface area contributed by atoms with Crippen molar-refractivity contribution in [2.24, 2.45) is 0 Å². The quantitative estimate of drug-likeness (QED) is 0.698. The van der Waals surface area contributed by atoms with Crippen LogP contribution >= 0.6 is 0 Å². The van der Waals surface area contributed by atoms with E-state index < -0.39 is 0 Å². The standard InChI is InChI=1S/C11H19N5O/c1-8(7-16-4-2-3-5-16)14-11(17)10-9(12)6-13-15-10/h6,8H,2-5,7,12H2,1H3,(H,13,15)(H,14,17). The number of carbonyl (C=O) groups excluding carboxylic acids is 1. The fraction of sp³-hybridized carbons (Fsp3) is 0.636. The van der Waals surface area contributed by atoms with E-state index in [4.69, 9.17) is 5.73 Å². The molecular weight excluding hydrogens is 218 g/mol. The number of amides is 1. The Morgan fingerprint density at radius 3 is 2.94 bits per heavy atom. The predicted octanol–water partition coefficient (Wildman–Crippen LogP) is 0.206.